The predicted octanol–water partition coefficient (Wildman–Crippen LogP) is 3.08. The summed E-state index contributed by atoms with van der Waals surface area (Å²) in [5.41, 5.74) is 0.529. The summed E-state index contributed by atoms with van der Waals surface area (Å²) in [6.07, 6.45) is 7.37. The minimum Gasteiger partial charge on any atom is -0.474 e. The molecule has 6 nitrogen and oxygen atoms in total. The third kappa shape index (κ3) is 5.41. The lowest BCUT2D eigenvalue weighted by molar-refractivity contribution is 0.132. The number of nitrogens with one attached hydrogen (secondary N) is 1. The molecule has 1 fully saturated rings. The molecule has 0 bridgehead atoms. The van der Waals surface area contributed by atoms with Gasteiger partial charge in [-0.25, -0.2) is 9.78 Å². The standard InChI is InChI=1S/C18H26N4O2/c1-3-4-11-22(2)18(23)21-15-6-8-16(9-7-15)24-17-10-5-14(12-19)13-20-17/h5,10,13,15-16H,3-4,6-9,11H2,1-2H3,(H,21,23). The van der Waals surface area contributed by atoms with Crippen molar-refractivity contribution in [2.45, 2.75) is 57.6 Å². The number of nitrogens with zero attached hydrogens (tertiary/aromatic N) is 3. The fourth-order valence-electron chi connectivity index (χ4n) is 2.79. The van der Waals surface area contributed by atoms with Crippen LogP contribution in [-0.2, 0) is 0 Å². The Balaban J connectivity index is 1.72. The molecule has 1 N–H and O–H groups in total. The van der Waals surface area contributed by atoms with Gasteiger partial charge in [0, 0.05) is 31.9 Å². The van der Waals surface area contributed by atoms with E-state index in [0.29, 0.717) is 11.4 Å². The summed E-state index contributed by atoms with van der Waals surface area (Å²) < 4.78 is 5.87. The molecule has 0 aromatic carbocycles. The number of rotatable bonds is 6. The Kier molecular flexibility index (Phi) is 6.86. The zero-order valence-electron chi connectivity index (χ0n) is 14.5. The molecule has 1 heterocycles. The summed E-state index contributed by atoms with van der Waals surface area (Å²) in [6, 6.07) is 5.71. The van der Waals surface area contributed by atoms with Crippen LogP contribution in [0.1, 0.15) is 51.0 Å². The zero-order valence-corrected chi connectivity index (χ0v) is 14.5. The second-order valence-corrected chi connectivity index (χ2v) is 6.31. The Morgan fingerprint density at radius 3 is 2.75 bits per heavy atom. The van der Waals surface area contributed by atoms with Crippen molar-refractivity contribution in [1.82, 2.24) is 15.2 Å². The topological polar surface area (TPSA) is 78.3 Å². The minimum atomic E-state index is 0.0153. The number of carbonyl (C=O) groups is 1. The van der Waals surface area contributed by atoms with Gasteiger partial charge in [0.1, 0.15) is 12.2 Å². The molecular formula is C18H26N4O2. The van der Waals surface area contributed by atoms with Gasteiger partial charge >= 0.3 is 6.03 Å². The van der Waals surface area contributed by atoms with Gasteiger partial charge in [0.2, 0.25) is 5.88 Å². The van der Waals surface area contributed by atoms with Gasteiger partial charge in [-0.15, -0.1) is 0 Å². The van der Waals surface area contributed by atoms with E-state index in [1.54, 1.807) is 17.0 Å². The highest BCUT2D eigenvalue weighted by molar-refractivity contribution is 5.74. The monoisotopic (exact) mass is 330 g/mol. The molecule has 6 heteroatoms. The molecule has 0 radical (unpaired) electrons. The van der Waals surface area contributed by atoms with E-state index >= 15 is 0 Å². The quantitative estimate of drug-likeness (QED) is 0.869. The van der Waals surface area contributed by atoms with E-state index < -0.39 is 0 Å². The van der Waals surface area contributed by atoms with E-state index in [-0.39, 0.29) is 18.2 Å². The van der Waals surface area contributed by atoms with Crippen molar-refractivity contribution >= 4 is 6.03 Å². The van der Waals surface area contributed by atoms with Crippen LogP contribution in [0.25, 0.3) is 0 Å². The summed E-state index contributed by atoms with van der Waals surface area (Å²) in [4.78, 5) is 18.0. The van der Waals surface area contributed by atoms with Crippen LogP contribution in [0.4, 0.5) is 4.79 Å². The van der Waals surface area contributed by atoms with E-state index in [2.05, 4.69) is 17.2 Å². The van der Waals surface area contributed by atoms with Crippen molar-refractivity contribution in [2.24, 2.45) is 0 Å². The van der Waals surface area contributed by atoms with Crippen molar-refractivity contribution < 1.29 is 9.53 Å². The fourth-order valence-corrected chi connectivity index (χ4v) is 2.79. The molecule has 0 atom stereocenters. The van der Waals surface area contributed by atoms with E-state index in [1.165, 1.54) is 6.20 Å². The van der Waals surface area contributed by atoms with Crippen LogP contribution in [0.5, 0.6) is 5.88 Å². The summed E-state index contributed by atoms with van der Waals surface area (Å²) in [7, 11) is 1.84. The smallest absolute Gasteiger partial charge is 0.317 e. The van der Waals surface area contributed by atoms with Crippen LogP contribution in [0.15, 0.2) is 18.3 Å². The molecule has 130 valence electrons. The first-order valence-electron chi connectivity index (χ1n) is 8.66. The second kappa shape index (κ2) is 9.11. The lowest BCUT2D eigenvalue weighted by atomic mass is 9.93. The number of hydrogen-bond acceptors (Lipinski definition) is 4. The van der Waals surface area contributed by atoms with Crippen LogP contribution in [0, 0.1) is 11.3 Å². The van der Waals surface area contributed by atoms with Gasteiger partial charge in [-0.1, -0.05) is 13.3 Å². The highest BCUT2D eigenvalue weighted by atomic mass is 16.5. The number of amides is 2. The van der Waals surface area contributed by atoms with Crippen LogP contribution < -0.4 is 10.1 Å². The van der Waals surface area contributed by atoms with Crippen molar-refractivity contribution in [3.63, 3.8) is 0 Å². The number of nitriles is 1. The number of urea groups is 1. The number of carbonyl (C=O) groups excluding carboxylic acids is 1. The van der Waals surface area contributed by atoms with Crippen molar-refractivity contribution in [2.75, 3.05) is 13.6 Å². The first-order chi connectivity index (χ1) is 11.6. The molecule has 1 aliphatic rings. The summed E-state index contributed by atoms with van der Waals surface area (Å²) >= 11 is 0. The van der Waals surface area contributed by atoms with E-state index in [1.807, 2.05) is 13.1 Å². The van der Waals surface area contributed by atoms with Gasteiger partial charge in [-0.2, -0.15) is 5.26 Å². The molecule has 0 aliphatic heterocycles. The first-order valence-corrected chi connectivity index (χ1v) is 8.66. The van der Waals surface area contributed by atoms with Crippen molar-refractivity contribution in [3.05, 3.63) is 23.9 Å². The molecule has 1 aromatic rings. The van der Waals surface area contributed by atoms with Crippen LogP contribution in [0.3, 0.4) is 0 Å². The Labute approximate surface area is 143 Å². The Bertz CT molecular complexity index is 559. The van der Waals surface area contributed by atoms with Gasteiger partial charge in [-0.3, -0.25) is 0 Å². The molecule has 0 spiro atoms. The molecule has 1 saturated carbocycles. The van der Waals surface area contributed by atoms with Gasteiger partial charge in [0.05, 0.1) is 5.56 Å². The van der Waals surface area contributed by atoms with Crippen molar-refractivity contribution in [3.8, 4) is 11.9 Å². The summed E-state index contributed by atoms with van der Waals surface area (Å²) in [5.74, 6) is 0.556. The van der Waals surface area contributed by atoms with Crippen LogP contribution in [-0.4, -0.2) is 41.7 Å². The summed E-state index contributed by atoms with van der Waals surface area (Å²) in [6.45, 7) is 2.92. The zero-order chi connectivity index (χ0) is 17.4. The first kappa shape index (κ1) is 18.1. The van der Waals surface area contributed by atoms with E-state index in [9.17, 15) is 4.79 Å². The SMILES string of the molecule is CCCCN(C)C(=O)NC1CCC(Oc2ccc(C#N)cn2)CC1. The molecule has 1 aliphatic carbocycles. The average Bonchev–Trinajstić information content (AvgIpc) is 2.62. The maximum atomic E-state index is 12.1. The Hall–Kier alpha value is -2.29. The normalized spacial score (nSPS) is 20.0. The number of aromatic nitrogens is 1. The molecule has 1 aromatic heterocycles. The third-order valence-corrected chi connectivity index (χ3v) is 4.35. The van der Waals surface area contributed by atoms with E-state index in [0.717, 1.165) is 45.1 Å². The fraction of sp³-hybridized carbons (Fsp3) is 0.611. The predicted molar refractivity (Wildman–Crippen MR) is 91.7 cm³/mol. The maximum absolute atomic E-state index is 12.1. The van der Waals surface area contributed by atoms with Crippen LogP contribution >= 0.6 is 0 Å². The van der Waals surface area contributed by atoms with Crippen molar-refractivity contribution in [1.29, 1.82) is 5.26 Å². The lowest BCUT2D eigenvalue weighted by Gasteiger charge is -2.30. The van der Waals surface area contributed by atoms with Gasteiger partial charge in [0.15, 0.2) is 0 Å². The Morgan fingerprint density at radius 2 is 2.17 bits per heavy atom. The number of ether oxygens (including phenoxy) is 1. The van der Waals surface area contributed by atoms with Crippen LogP contribution in [0.2, 0.25) is 0 Å². The third-order valence-electron chi connectivity index (χ3n) is 4.35. The number of unbranched alkanes of at least 4 members (excludes halogenated alkanes) is 1. The molecule has 2 rings (SSSR count). The molecular weight excluding hydrogens is 304 g/mol. The van der Waals surface area contributed by atoms with Gasteiger partial charge < -0.3 is 15.0 Å². The largest absolute Gasteiger partial charge is 0.474 e. The maximum Gasteiger partial charge on any atom is 0.317 e. The highest BCUT2D eigenvalue weighted by Gasteiger charge is 2.24. The molecule has 0 unspecified atom stereocenters. The number of pyridine rings is 1. The molecule has 2 amide bonds. The summed E-state index contributed by atoms with van der Waals surface area (Å²) in [5, 5.41) is 11.9. The second-order valence-electron chi connectivity index (χ2n) is 6.31. The molecule has 0 saturated heterocycles. The minimum absolute atomic E-state index is 0.0153. The van der Waals surface area contributed by atoms with Gasteiger partial charge in [0.25, 0.3) is 0 Å². The van der Waals surface area contributed by atoms with Gasteiger partial charge in [-0.05, 0) is 38.2 Å². The lowest BCUT2D eigenvalue weighted by Crippen LogP contribution is -2.45. The number of hydrogen-bond donors (Lipinski definition) is 1. The molecule has 24 heavy (non-hydrogen) atoms. The highest BCUT2D eigenvalue weighted by Crippen LogP contribution is 2.23. The van der Waals surface area contributed by atoms with E-state index in [4.69, 9.17) is 10.00 Å². The average molecular weight is 330 g/mol. The Morgan fingerprint density at radius 1 is 1.42 bits per heavy atom.